The Hall–Kier alpha value is -0.630. The van der Waals surface area contributed by atoms with Crippen molar-refractivity contribution in [3.05, 3.63) is 11.6 Å². The van der Waals surface area contributed by atoms with Crippen LogP contribution >= 0.6 is 0 Å². The molecule has 4 aliphatic rings. The summed E-state index contributed by atoms with van der Waals surface area (Å²) in [5, 5.41) is 10.6. The minimum Gasteiger partial charge on any atom is -0.393 e. The molecular formula is C20H30O2. The normalized spacial score (nSPS) is 54.3. The van der Waals surface area contributed by atoms with Crippen LogP contribution < -0.4 is 0 Å². The van der Waals surface area contributed by atoms with E-state index in [1.807, 2.05) is 6.08 Å². The molecule has 2 unspecified atom stereocenters. The molecule has 0 saturated heterocycles. The zero-order valence-corrected chi connectivity index (χ0v) is 14.3. The van der Waals surface area contributed by atoms with Crippen molar-refractivity contribution in [2.45, 2.75) is 71.8 Å². The van der Waals surface area contributed by atoms with Crippen molar-refractivity contribution in [2.75, 3.05) is 0 Å². The van der Waals surface area contributed by atoms with Gasteiger partial charge in [-0.1, -0.05) is 26.3 Å². The van der Waals surface area contributed by atoms with Crippen molar-refractivity contribution in [2.24, 2.45) is 34.5 Å². The summed E-state index contributed by atoms with van der Waals surface area (Å²) in [6, 6.07) is 0. The highest BCUT2D eigenvalue weighted by atomic mass is 16.3. The van der Waals surface area contributed by atoms with E-state index in [0.717, 1.165) is 38.0 Å². The Labute approximate surface area is 134 Å². The van der Waals surface area contributed by atoms with E-state index in [9.17, 15) is 9.90 Å². The van der Waals surface area contributed by atoms with Crippen molar-refractivity contribution in [1.82, 2.24) is 0 Å². The van der Waals surface area contributed by atoms with Gasteiger partial charge in [-0.05, 0) is 79.1 Å². The van der Waals surface area contributed by atoms with Crippen LogP contribution in [0.1, 0.15) is 65.7 Å². The van der Waals surface area contributed by atoms with E-state index >= 15 is 0 Å². The quantitative estimate of drug-likeness (QED) is 0.730. The molecule has 3 saturated carbocycles. The number of rotatable bonds is 0. The zero-order valence-electron chi connectivity index (χ0n) is 14.3. The standard InChI is InChI=1S/C20H30O2/c1-12-11-20(3)16(6-7-17(20)22)15-5-4-13-10-14(21)8-9-19(13,2)18(12)15/h10,12,15-18,22H,4-9,11H2,1-3H3/t12?,15-,16-,17-,18?,19-,20-/m0/s1. The molecule has 0 bridgehead atoms. The molecule has 0 radical (unpaired) electrons. The molecule has 3 fully saturated rings. The van der Waals surface area contributed by atoms with Gasteiger partial charge in [-0.15, -0.1) is 0 Å². The summed E-state index contributed by atoms with van der Waals surface area (Å²) in [7, 11) is 0. The Morgan fingerprint density at radius 3 is 2.73 bits per heavy atom. The average Bonchev–Trinajstić information content (AvgIpc) is 2.75. The van der Waals surface area contributed by atoms with E-state index in [2.05, 4.69) is 20.8 Å². The van der Waals surface area contributed by atoms with Crippen molar-refractivity contribution in [1.29, 1.82) is 0 Å². The molecule has 0 aromatic rings. The molecule has 0 aliphatic heterocycles. The minimum atomic E-state index is -0.0985. The number of carbonyl (C=O) groups is 1. The van der Waals surface area contributed by atoms with Gasteiger partial charge in [-0.2, -0.15) is 0 Å². The largest absolute Gasteiger partial charge is 0.393 e. The molecule has 2 nitrogen and oxygen atoms in total. The van der Waals surface area contributed by atoms with Gasteiger partial charge in [0.1, 0.15) is 0 Å². The number of hydrogen-bond donors (Lipinski definition) is 1. The molecule has 122 valence electrons. The second-order valence-electron chi connectivity index (χ2n) is 9.17. The molecular weight excluding hydrogens is 272 g/mol. The Bertz CT molecular complexity index is 536. The van der Waals surface area contributed by atoms with E-state index in [4.69, 9.17) is 0 Å². The lowest BCUT2D eigenvalue weighted by Crippen LogP contribution is -2.54. The number of aliphatic hydroxyl groups excluding tert-OH is 1. The summed E-state index contributed by atoms with van der Waals surface area (Å²) in [5.74, 6) is 3.15. The fraction of sp³-hybridized carbons (Fsp3) is 0.850. The fourth-order valence-corrected chi connectivity index (χ4v) is 7.24. The first-order valence-corrected chi connectivity index (χ1v) is 9.28. The average molecular weight is 302 g/mol. The predicted octanol–water partition coefficient (Wildman–Crippen LogP) is 4.13. The van der Waals surface area contributed by atoms with E-state index < -0.39 is 0 Å². The van der Waals surface area contributed by atoms with Gasteiger partial charge >= 0.3 is 0 Å². The maximum absolute atomic E-state index is 11.9. The van der Waals surface area contributed by atoms with Crippen LogP contribution in [0.25, 0.3) is 0 Å². The van der Waals surface area contributed by atoms with Crippen LogP contribution in [0.3, 0.4) is 0 Å². The van der Waals surface area contributed by atoms with Gasteiger partial charge in [0.05, 0.1) is 6.10 Å². The Morgan fingerprint density at radius 1 is 1.18 bits per heavy atom. The number of hydrogen-bond acceptors (Lipinski definition) is 2. The van der Waals surface area contributed by atoms with Crippen LogP contribution in [0.4, 0.5) is 0 Å². The van der Waals surface area contributed by atoms with E-state index in [-0.39, 0.29) is 16.9 Å². The highest BCUT2D eigenvalue weighted by molar-refractivity contribution is 5.91. The first kappa shape index (κ1) is 14.9. The smallest absolute Gasteiger partial charge is 0.155 e. The number of allylic oxidation sites excluding steroid dienone is 1. The van der Waals surface area contributed by atoms with Crippen LogP contribution in [0.2, 0.25) is 0 Å². The lowest BCUT2D eigenvalue weighted by Gasteiger charge is -2.60. The summed E-state index contributed by atoms with van der Waals surface area (Å²) in [5.41, 5.74) is 1.83. The molecule has 7 atom stereocenters. The molecule has 0 heterocycles. The van der Waals surface area contributed by atoms with Gasteiger partial charge in [0.2, 0.25) is 0 Å². The zero-order chi connectivity index (χ0) is 15.7. The second kappa shape index (κ2) is 4.69. The molecule has 1 N–H and O–H groups in total. The van der Waals surface area contributed by atoms with Gasteiger partial charge in [0, 0.05) is 6.42 Å². The summed E-state index contributed by atoms with van der Waals surface area (Å²) in [6.45, 7) is 7.20. The van der Waals surface area contributed by atoms with Crippen LogP contribution in [0.15, 0.2) is 11.6 Å². The van der Waals surface area contributed by atoms with Gasteiger partial charge in [0.15, 0.2) is 5.78 Å². The summed E-state index contributed by atoms with van der Waals surface area (Å²) < 4.78 is 0. The maximum atomic E-state index is 11.9. The maximum Gasteiger partial charge on any atom is 0.155 e. The molecule has 4 rings (SSSR count). The topological polar surface area (TPSA) is 37.3 Å². The lowest BCUT2D eigenvalue weighted by molar-refractivity contribution is -0.121. The van der Waals surface area contributed by atoms with Crippen molar-refractivity contribution in [3.8, 4) is 0 Å². The third kappa shape index (κ3) is 1.79. The van der Waals surface area contributed by atoms with Crippen molar-refractivity contribution >= 4 is 5.78 Å². The summed E-state index contributed by atoms with van der Waals surface area (Å²) >= 11 is 0. The van der Waals surface area contributed by atoms with Gasteiger partial charge < -0.3 is 5.11 Å². The lowest BCUT2D eigenvalue weighted by atomic mass is 9.45. The fourth-order valence-electron chi connectivity index (χ4n) is 7.24. The molecule has 4 aliphatic carbocycles. The molecule has 0 amide bonds. The van der Waals surface area contributed by atoms with Crippen molar-refractivity contribution < 1.29 is 9.90 Å². The first-order valence-electron chi connectivity index (χ1n) is 9.28. The van der Waals surface area contributed by atoms with E-state index in [1.165, 1.54) is 18.4 Å². The third-order valence-corrected chi connectivity index (χ3v) is 8.15. The number of ketones is 1. The SMILES string of the molecule is CC1C[C@]2(C)[C@@H](O)CC[C@H]2[C@@H]2CCC3=CC(=O)CC[C@]3(C)C12. The Kier molecular flexibility index (Phi) is 3.18. The predicted molar refractivity (Wildman–Crippen MR) is 87.3 cm³/mol. The van der Waals surface area contributed by atoms with Crippen LogP contribution in [-0.2, 0) is 4.79 Å². The molecule has 0 aromatic carbocycles. The molecule has 22 heavy (non-hydrogen) atoms. The Balaban J connectivity index is 1.74. The highest BCUT2D eigenvalue weighted by Gasteiger charge is 2.60. The van der Waals surface area contributed by atoms with Crippen molar-refractivity contribution in [3.63, 3.8) is 0 Å². The molecule has 0 aromatic heterocycles. The number of aliphatic hydroxyl groups is 1. The first-order chi connectivity index (χ1) is 10.4. The summed E-state index contributed by atoms with van der Waals surface area (Å²) in [6.07, 6.45) is 9.39. The van der Waals surface area contributed by atoms with Crippen LogP contribution in [0.5, 0.6) is 0 Å². The summed E-state index contributed by atoms with van der Waals surface area (Å²) in [4.78, 5) is 11.9. The second-order valence-corrected chi connectivity index (χ2v) is 9.17. The number of carbonyl (C=O) groups excluding carboxylic acids is 1. The third-order valence-electron chi connectivity index (χ3n) is 8.15. The monoisotopic (exact) mass is 302 g/mol. The van der Waals surface area contributed by atoms with Gasteiger partial charge in [0.25, 0.3) is 0 Å². The Morgan fingerprint density at radius 2 is 1.95 bits per heavy atom. The van der Waals surface area contributed by atoms with E-state index in [0.29, 0.717) is 23.5 Å². The molecule has 2 heteroatoms. The minimum absolute atomic E-state index is 0.0985. The highest BCUT2D eigenvalue weighted by Crippen LogP contribution is 2.66. The molecule has 0 spiro atoms. The van der Waals surface area contributed by atoms with Crippen LogP contribution in [-0.4, -0.2) is 17.0 Å². The number of fused-ring (bicyclic) bond motifs is 5. The van der Waals surface area contributed by atoms with E-state index in [1.54, 1.807) is 0 Å². The van der Waals surface area contributed by atoms with Gasteiger partial charge in [-0.25, -0.2) is 0 Å². The van der Waals surface area contributed by atoms with Gasteiger partial charge in [-0.3, -0.25) is 4.79 Å². The van der Waals surface area contributed by atoms with Crippen LogP contribution in [0, 0.1) is 34.5 Å².